The number of hydrazone groups is 1. The fourth-order valence-corrected chi connectivity index (χ4v) is 4.82. The molecule has 1 aliphatic rings. The smallest absolute Gasteiger partial charge is 0.322 e. The van der Waals surface area contributed by atoms with Gasteiger partial charge in [-0.05, 0) is 36.4 Å². The fraction of sp³-hybridized carbons (Fsp3) is 0.300. The maximum Gasteiger partial charge on any atom is 0.322 e. The van der Waals surface area contributed by atoms with Crippen molar-refractivity contribution in [1.29, 1.82) is 0 Å². The predicted molar refractivity (Wildman–Crippen MR) is 157 cm³/mol. The molecule has 11 heteroatoms. The average Bonchev–Trinajstić information content (AvgIpc) is 3.44. The number of hydrogen-bond acceptors (Lipinski definition) is 7. The van der Waals surface area contributed by atoms with Crippen molar-refractivity contribution < 1.29 is 28.5 Å². The van der Waals surface area contributed by atoms with Crippen molar-refractivity contribution in [1.82, 2.24) is 9.91 Å². The summed E-state index contributed by atoms with van der Waals surface area (Å²) >= 11 is 6.50. The zero-order valence-corrected chi connectivity index (χ0v) is 24.2. The third-order valence-corrected chi connectivity index (χ3v) is 7.00. The van der Waals surface area contributed by atoms with Crippen LogP contribution in [0.5, 0.6) is 17.2 Å². The predicted octanol–water partition coefficient (Wildman–Crippen LogP) is 5.22. The van der Waals surface area contributed by atoms with Crippen LogP contribution in [-0.2, 0) is 9.53 Å². The summed E-state index contributed by atoms with van der Waals surface area (Å²) in [7, 11) is 6.19. The highest BCUT2D eigenvalue weighted by molar-refractivity contribution is 6.34. The van der Waals surface area contributed by atoms with Crippen molar-refractivity contribution in [3.8, 4) is 17.2 Å². The summed E-state index contributed by atoms with van der Waals surface area (Å²) in [5.74, 6) is 1.29. The minimum atomic E-state index is -0.527. The lowest BCUT2D eigenvalue weighted by molar-refractivity contribution is -0.133. The molecule has 0 spiro atoms. The molecule has 1 unspecified atom stereocenters. The van der Waals surface area contributed by atoms with Crippen molar-refractivity contribution in [3.63, 3.8) is 0 Å². The number of carbonyl (C=O) groups excluding carboxylic acids is 2. The fourth-order valence-electron chi connectivity index (χ4n) is 4.57. The Labute approximate surface area is 244 Å². The topological polar surface area (TPSA) is 102 Å². The Balaban J connectivity index is 1.67. The van der Waals surface area contributed by atoms with Crippen LogP contribution in [0.15, 0.2) is 71.8 Å². The Morgan fingerprint density at radius 3 is 2.41 bits per heavy atom. The molecule has 0 aromatic heterocycles. The molecule has 41 heavy (non-hydrogen) atoms. The maximum absolute atomic E-state index is 13.9. The molecule has 0 radical (unpaired) electrons. The van der Waals surface area contributed by atoms with Crippen LogP contribution in [0.4, 0.5) is 10.5 Å². The van der Waals surface area contributed by atoms with E-state index in [1.807, 2.05) is 24.3 Å². The van der Waals surface area contributed by atoms with Crippen LogP contribution in [0, 0.1) is 0 Å². The molecule has 3 aromatic carbocycles. The van der Waals surface area contributed by atoms with Gasteiger partial charge in [-0.25, -0.2) is 9.80 Å². The van der Waals surface area contributed by atoms with Gasteiger partial charge in [0, 0.05) is 36.2 Å². The monoisotopic (exact) mass is 580 g/mol. The zero-order valence-electron chi connectivity index (χ0n) is 23.4. The molecule has 0 saturated carbocycles. The first-order valence-corrected chi connectivity index (χ1v) is 13.3. The molecule has 0 fully saturated rings. The molecule has 3 amide bonds. The summed E-state index contributed by atoms with van der Waals surface area (Å²) in [4.78, 5) is 28.6. The number of halogens is 1. The van der Waals surface area contributed by atoms with Crippen LogP contribution < -0.4 is 19.5 Å². The molecule has 0 bridgehead atoms. The van der Waals surface area contributed by atoms with Crippen LogP contribution >= 0.6 is 11.6 Å². The van der Waals surface area contributed by atoms with Gasteiger partial charge in [-0.2, -0.15) is 5.10 Å². The molecular formula is C30H33ClN4O6. The van der Waals surface area contributed by atoms with Crippen LogP contribution in [0.2, 0.25) is 5.02 Å². The SMILES string of the molecule is COCCN(CC(=O)N1N=C(c2ccccc2Cl)CC1c1cc(OC)ccc1OC)C(=O)Nc1ccccc1OC. The van der Waals surface area contributed by atoms with Gasteiger partial charge < -0.3 is 29.2 Å². The quantitative estimate of drug-likeness (QED) is 0.333. The lowest BCUT2D eigenvalue weighted by atomic mass is 9.97. The highest BCUT2D eigenvalue weighted by atomic mass is 35.5. The average molecular weight is 581 g/mol. The number of rotatable bonds is 11. The first-order valence-electron chi connectivity index (χ1n) is 12.9. The van der Waals surface area contributed by atoms with Gasteiger partial charge in [0.15, 0.2) is 0 Å². The van der Waals surface area contributed by atoms with Gasteiger partial charge in [0.05, 0.1) is 45.4 Å². The highest BCUT2D eigenvalue weighted by Crippen LogP contribution is 2.40. The zero-order chi connectivity index (χ0) is 29.4. The van der Waals surface area contributed by atoms with E-state index in [1.54, 1.807) is 56.7 Å². The summed E-state index contributed by atoms with van der Waals surface area (Å²) in [6.45, 7) is 0.144. The third kappa shape index (κ3) is 6.90. The summed E-state index contributed by atoms with van der Waals surface area (Å²) < 4.78 is 21.7. The number of benzene rings is 3. The molecule has 0 aliphatic carbocycles. The molecular weight excluding hydrogens is 548 g/mol. The van der Waals surface area contributed by atoms with Crippen molar-refractivity contribution in [3.05, 3.63) is 82.9 Å². The van der Waals surface area contributed by atoms with Gasteiger partial charge in [-0.1, -0.05) is 41.9 Å². The molecule has 1 N–H and O–H groups in total. The van der Waals surface area contributed by atoms with E-state index in [0.717, 1.165) is 5.56 Å². The first kappa shape index (κ1) is 29.7. The lowest BCUT2D eigenvalue weighted by Gasteiger charge is -2.28. The number of hydrogen-bond donors (Lipinski definition) is 1. The number of urea groups is 1. The van der Waals surface area contributed by atoms with Crippen LogP contribution in [0.1, 0.15) is 23.6 Å². The van der Waals surface area contributed by atoms with E-state index in [9.17, 15) is 9.59 Å². The Morgan fingerprint density at radius 2 is 1.71 bits per heavy atom. The Morgan fingerprint density at radius 1 is 0.976 bits per heavy atom. The summed E-state index contributed by atoms with van der Waals surface area (Å²) in [5.41, 5.74) is 2.56. The van der Waals surface area contributed by atoms with Gasteiger partial charge in [-0.15, -0.1) is 0 Å². The van der Waals surface area contributed by atoms with Crippen molar-refractivity contribution in [2.45, 2.75) is 12.5 Å². The number of carbonyl (C=O) groups is 2. The van der Waals surface area contributed by atoms with Gasteiger partial charge in [0.1, 0.15) is 23.8 Å². The normalized spacial score (nSPS) is 14.3. The van der Waals surface area contributed by atoms with Crippen LogP contribution in [0.3, 0.4) is 0 Å². The largest absolute Gasteiger partial charge is 0.497 e. The second kappa shape index (κ2) is 13.9. The Bertz CT molecular complexity index is 1420. The molecule has 1 atom stereocenters. The Kier molecular flexibility index (Phi) is 10.0. The van der Waals surface area contributed by atoms with Crippen LogP contribution in [-0.4, -0.2) is 75.7 Å². The number of ether oxygens (including phenoxy) is 4. The van der Waals surface area contributed by atoms with E-state index in [1.165, 1.54) is 24.1 Å². The minimum absolute atomic E-state index is 0.172. The van der Waals surface area contributed by atoms with Crippen molar-refractivity contribution in [2.24, 2.45) is 5.10 Å². The number of nitrogens with one attached hydrogen (secondary N) is 1. The molecule has 1 heterocycles. The van der Waals surface area contributed by atoms with E-state index >= 15 is 0 Å². The number of methoxy groups -OCH3 is 4. The van der Waals surface area contributed by atoms with Gasteiger partial charge in [-0.3, -0.25) is 4.79 Å². The molecule has 216 valence electrons. The second-order valence-electron chi connectivity index (χ2n) is 9.14. The summed E-state index contributed by atoms with van der Waals surface area (Å²) in [5, 5.41) is 9.47. The molecule has 3 aromatic rings. The molecule has 0 saturated heterocycles. The highest BCUT2D eigenvalue weighted by Gasteiger charge is 2.36. The number of para-hydroxylation sites is 2. The second-order valence-corrected chi connectivity index (χ2v) is 9.54. The number of nitrogens with zero attached hydrogens (tertiary/aromatic N) is 3. The van der Waals surface area contributed by atoms with E-state index in [2.05, 4.69) is 5.32 Å². The molecule has 1 aliphatic heterocycles. The third-order valence-electron chi connectivity index (χ3n) is 6.67. The van der Waals surface area contributed by atoms with E-state index < -0.39 is 18.0 Å². The molecule has 10 nitrogen and oxygen atoms in total. The number of amides is 3. The minimum Gasteiger partial charge on any atom is -0.497 e. The van der Waals surface area contributed by atoms with Crippen LogP contribution in [0.25, 0.3) is 0 Å². The van der Waals surface area contributed by atoms with Gasteiger partial charge in [0.2, 0.25) is 0 Å². The van der Waals surface area contributed by atoms with E-state index in [4.69, 9.17) is 35.6 Å². The molecule has 4 rings (SSSR count). The Hall–Kier alpha value is -4.28. The van der Waals surface area contributed by atoms with E-state index in [-0.39, 0.29) is 19.7 Å². The van der Waals surface area contributed by atoms with Gasteiger partial charge >= 0.3 is 6.03 Å². The summed E-state index contributed by atoms with van der Waals surface area (Å²) in [6.07, 6.45) is 0.379. The van der Waals surface area contributed by atoms with Crippen molar-refractivity contribution >= 4 is 34.9 Å². The number of anilines is 1. The maximum atomic E-state index is 13.9. The lowest BCUT2D eigenvalue weighted by Crippen LogP contribution is -2.44. The standard InChI is InChI=1S/C30H33ClN4O6/c1-38-16-15-34(30(37)32-24-11-7-8-12-28(24)41-4)19-29(36)35-26(22-17-20(39-2)13-14-27(22)40-3)18-25(33-35)21-9-5-6-10-23(21)31/h5-14,17,26H,15-16,18-19H2,1-4H3,(H,32,37). The van der Waals surface area contributed by atoms with Gasteiger partial charge in [0.25, 0.3) is 5.91 Å². The van der Waals surface area contributed by atoms with E-state index in [0.29, 0.717) is 45.7 Å². The first-order chi connectivity index (χ1) is 19.9. The van der Waals surface area contributed by atoms with Crippen molar-refractivity contribution in [2.75, 3.05) is 53.5 Å². The summed E-state index contributed by atoms with van der Waals surface area (Å²) in [6, 6.07) is 18.8.